The van der Waals surface area contributed by atoms with Crippen LogP contribution < -0.4 is 5.32 Å². The number of carbonyl (C=O) groups is 1. The summed E-state index contributed by atoms with van der Waals surface area (Å²) in [5.41, 5.74) is 2.86. The summed E-state index contributed by atoms with van der Waals surface area (Å²) >= 11 is 3.40. The summed E-state index contributed by atoms with van der Waals surface area (Å²) < 4.78 is 1.00. The molecule has 1 atom stereocenters. The fourth-order valence-electron chi connectivity index (χ4n) is 2.28. The summed E-state index contributed by atoms with van der Waals surface area (Å²) in [4.78, 5) is 16.8. The van der Waals surface area contributed by atoms with E-state index in [1.165, 1.54) is 0 Å². The van der Waals surface area contributed by atoms with Gasteiger partial charge in [0.05, 0.1) is 5.71 Å². The molecule has 1 unspecified atom stereocenters. The van der Waals surface area contributed by atoms with Gasteiger partial charge in [0.2, 0.25) is 0 Å². The maximum absolute atomic E-state index is 11.8. The molecule has 1 N–H and O–H groups in total. The molecule has 0 amide bonds. The van der Waals surface area contributed by atoms with Gasteiger partial charge in [0.1, 0.15) is 6.04 Å². The molecule has 4 nitrogen and oxygen atoms in total. The molecule has 0 saturated carbocycles. The van der Waals surface area contributed by atoms with Gasteiger partial charge in [-0.05, 0) is 23.3 Å². The second-order valence-electron chi connectivity index (χ2n) is 5.08. The van der Waals surface area contributed by atoms with E-state index in [4.69, 9.17) is 4.84 Å². The van der Waals surface area contributed by atoms with E-state index >= 15 is 0 Å². The number of benzene rings is 2. The van der Waals surface area contributed by atoms with Crippen LogP contribution in [0.5, 0.6) is 0 Å². The van der Waals surface area contributed by atoms with Crippen molar-refractivity contribution in [1.29, 1.82) is 0 Å². The molecule has 5 heteroatoms. The van der Waals surface area contributed by atoms with Crippen LogP contribution in [0.1, 0.15) is 17.5 Å². The number of nitrogens with one attached hydrogen (secondary N) is 1. The molecule has 1 aliphatic rings. The molecule has 0 spiro atoms. The second-order valence-corrected chi connectivity index (χ2v) is 5.99. The first-order valence-electron chi connectivity index (χ1n) is 7.03. The molecular weight excluding hydrogens is 344 g/mol. The Morgan fingerprint density at radius 2 is 1.86 bits per heavy atom. The molecule has 0 saturated heterocycles. The van der Waals surface area contributed by atoms with Gasteiger partial charge in [-0.15, -0.1) is 0 Å². The fraction of sp³-hybridized carbons (Fsp3) is 0.176. The largest absolute Gasteiger partial charge is 0.352 e. The van der Waals surface area contributed by atoms with Crippen molar-refractivity contribution < 1.29 is 9.63 Å². The zero-order valence-electron chi connectivity index (χ0n) is 11.8. The average molecular weight is 359 g/mol. The van der Waals surface area contributed by atoms with E-state index in [1.807, 2.05) is 54.6 Å². The van der Waals surface area contributed by atoms with Crippen molar-refractivity contribution in [3.8, 4) is 0 Å². The molecule has 2 aromatic carbocycles. The van der Waals surface area contributed by atoms with E-state index in [0.29, 0.717) is 13.0 Å². The Hall–Kier alpha value is -1.98. The predicted molar refractivity (Wildman–Crippen MR) is 88.5 cm³/mol. The molecule has 0 bridgehead atoms. The molecule has 0 fully saturated rings. The monoisotopic (exact) mass is 358 g/mol. The van der Waals surface area contributed by atoms with Gasteiger partial charge < -0.3 is 4.84 Å². The number of hydrogen-bond donors (Lipinski definition) is 1. The standard InChI is InChI=1S/C17H15BrN2O2/c18-14-8-6-13(7-9-14)15-10-16(17(21)22-20-15)19-11-12-4-2-1-3-5-12/h1-9,16,19H,10-11H2. The second kappa shape index (κ2) is 6.85. The molecule has 2 aromatic rings. The third-order valence-electron chi connectivity index (χ3n) is 3.50. The van der Waals surface area contributed by atoms with Gasteiger partial charge >= 0.3 is 5.97 Å². The lowest BCUT2D eigenvalue weighted by atomic mass is 10.0. The zero-order valence-corrected chi connectivity index (χ0v) is 13.4. The predicted octanol–water partition coefficient (Wildman–Crippen LogP) is 3.26. The van der Waals surface area contributed by atoms with Crippen molar-refractivity contribution >= 4 is 27.6 Å². The third kappa shape index (κ3) is 3.61. The lowest BCUT2D eigenvalue weighted by Gasteiger charge is -2.21. The maximum Gasteiger partial charge on any atom is 0.352 e. The Morgan fingerprint density at radius 1 is 1.14 bits per heavy atom. The number of carbonyl (C=O) groups excluding carboxylic acids is 1. The van der Waals surface area contributed by atoms with E-state index in [9.17, 15) is 4.79 Å². The van der Waals surface area contributed by atoms with Gasteiger partial charge in [-0.2, -0.15) is 0 Å². The zero-order chi connectivity index (χ0) is 15.4. The Morgan fingerprint density at radius 3 is 2.59 bits per heavy atom. The van der Waals surface area contributed by atoms with Gasteiger partial charge in [0.15, 0.2) is 0 Å². The quantitative estimate of drug-likeness (QED) is 0.853. The highest BCUT2D eigenvalue weighted by Crippen LogP contribution is 2.17. The molecular formula is C17H15BrN2O2. The highest BCUT2D eigenvalue weighted by molar-refractivity contribution is 9.10. The number of oxime groups is 1. The highest BCUT2D eigenvalue weighted by Gasteiger charge is 2.27. The molecule has 0 aliphatic carbocycles. The Kier molecular flexibility index (Phi) is 4.65. The Bertz CT molecular complexity index is 684. The highest BCUT2D eigenvalue weighted by atomic mass is 79.9. The van der Waals surface area contributed by atoms with Crippen molar-refractivity contribution in [1.82, 2.24) is 5.32 Å². The van der Waals surface area contributed by atoms with Crippen molar-refractivity contribution in [3.63, 3.8) is 0 Å². The number of nitrogens with zero attached hydrogens (tertiary/aromatic N) is 1. The van der Waals surface area contributed by atoms with Crippen molar-refractivity contribution in [3.05, 3.63) is 70.2 Å². The van der Waals surface area contributed by atoms with Crippen LogP contribution in [0.2, 0.25) is 0 Å². The molecule has 1 aliphatic heterocycles. The first kappa shape index (κ1) is 14.9. The fourth-order valence-corrected chi connectivity index (χ4v) is 2.55. The molecule has 112 valence electrons. The molecule has 1 heterocycles. The summed E-state index contributed by atoms with van der Waals surface area (Å²) in [6.45, 7) is 0.619. The smallest absolute Gasteiger partial charge is 0.316 e. The van der Waals surface area contributed by atoms with Crippen molar-refractivity contribution in [2.75, 3.05) is 0 Å². The topological polar surface area (TPSA) is 50.7 Å². The maximum atomic E-state index is 11.8. The summed E-state index contributed by atoms with van der Waals surface area (Å²) in [6.07, 6.45) is 0.521. The lowest BCUT2D eigenvalue weighted by molar-refractivity contribution is -0.147. The van der Waals surface area contributed by atoms with Gasteiger partial charge in [0, 0.05) is 17.4 Å². The number of rotatable bonds is 4. The van der Waals surface area contributed by atoms with Gasteiger partial charge in [-0.25, -0.2) is 4.79 Å². The van der Waals surface area contributed by atoms with E-state index in [0.717, 1.165) is 21.3 Å². The van der Waals surface area contributed by atoms with Crippen LogP contribution in [0.25, 0.3) is 0 Å². The lowest BCUT2D eigenvalue weighted by Crippen LogP contribution is -2.41. The van der Waals surface area contributed by atoms with E-state index in [-0.39, 0.29) is 12.0 Å². The van der Waals surface area contributed by atoms with Crippen molar-refractivity contribution in [2.45, 2.75) is 19.0 Å². The van der Waals surface area contributed by atoms with Gasteiger partial charge in [-0.3, -0.25) is 5.32 Å². The Labute approximate surface area is 137 Å². The Balaban J connectivity index is 1.67. The van der Waals surface area contributed by atoms with Crippen LogP contribution in [0.3, 0.4) is 0 Å². The normalized spacial score (nSPS) is 17.8. The summed E-state index contributed by atoms with van der Waals surface area (Å²) in [6, 6.07) is 17.4. The average Bonchev–Trinajstić information content (AvgIpc) is 2.56. The van der Waals surface area contributed by atoms with Gasteiger partial charge in [-0.1, -0.05) is 63.6 Å². The minimum atomic E-state index is -0.378. The van der Waals surface area contributed by atoms with Crippen LogP contribution in [0.4, 0.5) is 0 Å². The summed E-state index contributed by atoms with van der Waals surface area (Å²) in [5, 5.41) is 7.16. The molecule has 22 heavy (non-hydrogen) atoms. The SMILES string of the molecule is O=C1ON=C(c2ccc(Br)cc2)CC1NCc1ccccc1. The molecule has 0 radical (unpaired) electrons. The van der Waals surface area contributed by atoms with E-state index < -0.39 is 0 Å². The molecule has 0 aromatic heterocycles. The number of hydrogen-bond acceptors (Lipinski definition) is 4. The third-order valence-corrected chi connectivity index (χ3v) is 4.03. The van der Waals surface area contributed by atoms with Crippen LogP contribution in [0.15, 0.2) is 64.2 Å². The van der Waals surface area contributed by atoms with E-state index in [2.05, 4.69) is 26.4 Å². The van der Waals surface area contributed by atoms with Crippen LogP contribution in [-0.2, 0) is 16.2 Å². The summed E-state index contributed by atoms with van der Waals surface area (Å²) in [7, 11) is 0. The van der Waals surface area contributed by atoms with Crippen LogP contribution in [-0.4, -0.2) is 17.7 Å². The minimum Gasteiger partial charge on any atom is -0.316 e. The summed E-state index contributed by atoms with van der Waals surface area (Å²) in [5.74, 6) is -0.336. The molecule has 3 rings (SSSR count). The first-order valence-corrected chi connectivity index (χ1v) is 7.82. The van der Waals surface area contributed by atoms with E-state index in [1.54, 1.807) is 0 Å². The van der Waals surface area contributed by atoms with Crippen LogP contribution in [0, 0.1) is 0 Å². The minimum absolute atomic E-state index is 0.336. The van der Waals surface area contributed by atoms with Gasteiger partial charge in [0.25, 0.3) is 0 Å². The first-order chi connectivity index (χ1) is 10.7. The number of halogens is 1. The van der Waals surface area contributed by atoms with Crippen LogP contribution >= 0.6 is 15.9 Å². The van der Waals surface area contributed by atoms with Crippen molar-refractivity contribution in [2.24, 2.45) is 5.16 Å².